The van der Waals surface area contributed by atoms with Crippen molar-refractivity contribution in [2.45, 2.75) is 26.3 Å². The summed E-state index contributed by atoms with van der Waals surface area (Å²) in [6.45, 7) is 4.39. The van der Waals surface area contributed by atoms with Crippen molar-refractivity contribution in [1.82, 2.24) is 10.2 Å². The zero-order valence-corrected chi connectivity index (χ0v) is 16.1. The molecule has 0 aliphatic carbocycles. The van der Waals surface area contributed by atoms with Gasteiger partial charge in [0.2, 0.25) is 0 Å². The van der Waals surface area contributed by atoms with E-state index in [2.05, 4.69) is 40.2 Å². The van der Waals surface area contributed by atoms with Gasteiger partial charge in [0.1, 0.15) is 0 Å². The zero-order chi connectivity index (χ0) is 19.3. The lowest BCUT2D eigenvalue weighted by molar-refractivity contribution is 0.0979. The topological polar surface area (TPSA) is 49.3 Å². The molecule has 4 rings (SSSR count). The molecule has 1 aliphatic heterocycles. The van der Waals surface area contributed by atoms with Crippen LogP contribution in [0.5, 0.6) is 0 Å². The van der Waals surface area contributed by atoms with Crippen molar-refractivity contribution >= 4 is 17.4 Å². The third-order valence-corrected chi connectivity index (χ3v) is 5.15. The highest BCUT2D eigenvalue weighted by Crippen LogP contribution is 2.28. The van der Waals surface area contributed by atoms with Crippen LogP contribution in [0, 0.1) is 0 Å². The van der Waals surface area contributed by atoms with Crippen molar-refractivity contribution in [1.29, 1.82) is 0 Å². The highest BCUT2D eigenvalue weighted by Gasteiger charge is 2.24. The van der Waals surface area contributed by atoms with Gasteiger partial charge in [0.25, 0.3) is 5.91 Å². The summed E-state index contributed by atoms with van der Waals surface area (Å²) in [4.78, 5) is 17.0. The molecular formula is C23H24N4O. The first-order chi connectivity index (χ1) is 13.8. The second-order valence-corrected chi connectivity index (χ2v) is 6.97. The van der Waals surface area contributed by atoms with Crippen LogP contribution >= 0.6 is 0 Å². The molecule has 142 valence electrons. The van der Waals surface area contributed by atoms with Crippen molar-refractivity contribution < 1.29 is 4.79 Å². The Morgan fingerprint density at radius 3 is 2.54 bits per heavy atom. The van der Waals surface area contributed by atoms with E-state index in [0.29, 0.717) is 12.2 Å². The normalized spacial score (nSPS) is 13.1. The van der Waals surface area contributed by atoms with Crippen molar-refractivity contribution in [3.8, 4) is 0 Å². The highest BCUT2D eigenvalue weighted by atomic mass is 16.2. The van der Waals surface area contributed by atoms with Gasteiger partial charge in [-0.2, -0.15) is 0 Å². The molecule has 0 fully saturated rings. The predicted octanol–water partition coefficient (Wildman–Crippen LogP) is 4.10. The summed E-state index contributed by atoms with van der Waals surface area (Å²) in [5.74, 6) is 0.694. The summed E-state index contributed by atoms with van der Waals surface area (Å²) in [6.07, 6.45) is 1.98. The van der Waals surface area contributed by atoms with E-state index in [1.54, 1.807) is 6.07 Å². The van der Waals surface area contributed by atoms with Crippen molar-refractivity contribution in [2.75, 3.05) is 22.9 Å². The van der Waals surface area contributed by atoms with Crippen LogP contribution in [0.2, 0.25) is 0 Å². The van der Waals surface area contributed by atoms with E-state index in [0.717, 1.165) is 37.4 Å². The number of benzene rings is 2. The van der Waals surface area contributed by atoms with Gasteiger partial charge in [0.15, 0.2) is 11.5 Å². The van der Waals surface area contributed by atoms with Gasteiger partial charge >= 0.3 is 0 Å². The van der Waals surface area contributed by atoms with E-state index in [1.165, 1.54) is 11.1 Å². The number of aromatic nitrogens is 2. The fourth-order valence-corrected chi connectivity index (χ4v) is 3.65. The lowest BCUT2D eigenvalue weighted by Gasteiger charge is -2.29. The third kappa shape index (κ3) is 3.74. The maximum Gasteiger partial charge on any atom is 0.278 e. The van der Waals surface area contributed by atoms with E-state index in [-0.39, 0.29) is 5.91 Å². The van der Waals surface area contributed by atoms with Gasteiger partial charge in [0, 0.05) is 25.3 Å². The van der Waals surface area contributed by atoms with E-state index in [9.17, 15) is 4.79 Å². The second kappa shape index (κ2) is 8.21. The molecule has 0 radical (unpaired) electrons. The largest absolute Gasteiger partial charge is 0.351 e. The Morgan fingerprint density at radius 2 is 1.79 bits per heavy atom. The first kappa shape index (κ1) is 18.2. The van der Waals surface area contributed by atoms with Crippen LogP contribution in [0.15, 0.2) is 66.7 Å². The van der Waals surface area contributed by atoms with Crippen LogP contribution in [0.4, 0.5) is 11.5 Å². The molecule has 2 aromatic carbocycles. The number of anilines is 2. The van der Waals surface area contributed by atoms with Gasteiger partial charge in [-0.05, 0) is 49.1 Å². The molecule has 2 heterocycles. The van der Waals surface area contributed by atoms with Crippen LogP contribution in [-0.2, 0) is 13.0 Å². The molecule has 1 aliphatic rings. The summed E-state index contributed by atoms with van der Waals surface area (Å²) >= 11 is 0. The molecular weight excluding hydrogens is 348 g/mol. The number of carbonyl (C=O) groups excluding carboxylic acids is 1. The molecule has 3 aromatic rings. The standard InChI is InChI=1S/C23H24N4O/c1-2-26(17-18-9-4-3-5-10-18)22-15-14-20(24-25-22)23(28)27-16-8-12-19-11-6-7-13-21(19)27/h3-7,9-11,13-15H,2,8,12,16-17H2,1H3. The third-order valence-electron chi connectivity index (χ3n) is 5.15. The van der Waals surface area contributed by atoms with Crippen LogP contribution < -0.4 is 9.80 Å². The van der Waals surface area contributed by atoms with E-state index in [4.69, 9.17) is 0 Å². The average Bonchev–Trinajstić information content (AvgIpc) is 2.77. The van der Waals surface area contributed by atoms with Crippen molar-refractivity contribution in [3.05, 3.63) is 83.6 Å². The van der Waals surface area contributed by atoms with E-state index < -0.39 is 0 Å². The quantitative estimate of drug-likeness (QED) is 0.677. The molecule has 0 saturated heterocycles. The number of para-hydroxylation sites is 1. The van der Waals surface area contributed by atoms with E-state index >= 15 is 0 Å². The molecule has 0 spiro atoms. The number of rotatable bonds is 5. The summed E-state index contributed by atoms with van der Waals surface area (Å²) in [7, 11) is 0. The van der Waals surface area contributed by atoms with Crippen LogP contribution in [0.3, 0.4) is 0 Å². The molecule has 0 N–H and O–H groups in total. The lowest BCUT2D eigenvalue weighted by Crippen LogP contribution is -2.36. The molecule has 5 heteroatoms. The molecule has 0 atom stereocenters. The van der Waals surface area contributed by atoms with Crippen molar-refractivity contribution in [2.24, 2.45) is 0 Å². The SMILES string of the molecule is CCN(Cc1ccccc1)c1ccc(C(=O)N2CCCc3ccccc32)nn1. The number of hydrogen-bond acceptors (Lipinski definition) is 4. The Hall–Kier alpha value is -3.21. The lowest BCUT2D eigenvalue weighted by atomic mass is 10.0. The maximum atomic E-state index is 13.0. The molecule has 0 saturated carbocycles. The number of aryl methyl sites for hydroxylation is 1. The summed E-state index contributed by atoms with van der Waals surface area (Å²) in [6, 6.07) is 22.1. The first-order valence-corrected chi connectivity index (χ1v) is 9.78. The van der Waals surface area contributed by atoms with Crippen molar-refractivity contribution in [3.63, 3.8) is 0 Å². The molecule has 28 heavy (non-hydrogen) atoms. The van der Waals surface area contributed by atoms with Gasteiger partial charge in [0.05, 0.1) is 0 Å². The Labute approximate surface area is 165 Å². The molecule has 0 unspecified atom stereocenters. The van der Waals surface area contributed by atoms with Gasteiger partial charge in [-0.1, -0.05) is 48.5 Å². The zero-order valence-electron chi connectivity index (χ0n) is 16.1. The van der Waals surface area contributed by atoms with Crippen LogP contribution in [0.1, 0.15) is 35.0 Å². The number of hydrogen-bond donors (Lipinski definition) is 0. The Morgan fingerprint density at radius 1 is 1.00 bits per heavy atom. The maximum absolute atomic E-state index is 13.0. The highest BCUT2D eigenvalue weighted by molar-refractivity contribution is 6.05. The molecule has 5 nitrogen and oxygen atoms in total. The Balaban J connectivity index is 1.52. The molecule has 1 amide bonds. The minimum absolute atomic E-state index is 0.0858. The minimum atomic E-state index is -0.0858. The average molecular weight is 372 g/mol. The number of amides is 1. The molecule has 1 aromatic heterocycles. The van der Waals surface area contributed by atoms with Crippen LogP contribution in [0.25, 0.3) is 0 Å². The fourth-order valence-electron chi connectivity index (χ4n) is 3.65. The van der Waals surface area contributed by atoms with Crippen LogP contribution in [-0.4, -0.2) is 29.2 Å². The predicted molar refractivity (Wildman–Crippen MR) is 112 cm³/mol. The number of carbonyl (C=O) groups is 1. The summed E-state index contributed by atoms with van der Waals surface area (Å²) in [5.41, 5.74) is 3.81. The van der Waals surface area contributed by atoms with Gasteiger partial charge in [-0.3, -0.25) is 4.79 Å². The number of fused-ring (bicyclic) bond motifs is 1. The van der Waals surface area contributed by atoms with Gasteiger partial charge in [-0.25, -0.2) is 0 Å². The van der Waals surface area contributed by atoms with E-state index in [1.807, 2.05) is 47.4 Å². The smallest absolute Gasteiger partial charge is 0.278 e. The summed E-state index contributed by atoms with van der Waals surface area (Å²) in [5, 5.41) is 8.60. The Bertz CT molecular complexity index is 940. The van der Waals surface area contributed by atoms with Gasteiger partial charge < -0.3 is 9.80 Å². The first-order valence-electron chi connectivity index (χ1n) is 9.78. The molecule has 0 bridgehead atoms. The Kier molecular flexibility index (Phi) is 5.33. The number of nitrogens with zero attached hydrogens (tertiary/aromatic N) is 4. The fraction of sp³-hybridized carbons (Fsp3) is 0.261. The van der Waals surface area contributed by atoms with Gasteiger partial charge in [-0.15, -0.1) is 10.2 Å². The minimum Gasteiger partial charge on any atom is -0.351 e. The summed E-state index contributed by atoms with van der Waals surface area (Å²) < 4.78 is 0. The second-order valence-electron chi connectivity index (χ2n) is 6.97. The monoisotopic (exact) mass is 372 g/mol.